The van der Waals surface area contributed by atoms with Crippen molar-refractivity contribution in [3.63, 3.8) is 0 Å². The summed E-state index contributed by atoms with van der Waals surface area (Å²) in [5, 5.41) is 12.9. The molecule has 0 atom stereocenters. The quantitative estimate of drug-likeness (QED) is 0.752. The summed E-state index contributed by atoms with van der Waals surface area (Å²) < 4.78 is 6.58. The maximum absolute atomic E-state index is 12.0. The van der Waals surface area contributed by atoms with Gasteiger partial charge in [0.1, 0.15) is 5.56 Å². The molecule has 1 aliphatic heterocycles. The van der Waals surface area contributed by atoms with E-state index in [9.17, 15) is 4.79 Å². The van der Waals surface area contributed by atoms with E-state index in [1.165, 1.54) is 7.11 Å². The van der Waals surface area contributed by atoms with Crippen molar-refractivity contribution in [3.05, 3.63) is 11.8 Å². The minimum atomic E-state index is -0.0883. The Morgan fingerprint density at radius 2 is 2.38 bits per heavy atom. The molecule has 6 heteroatoms. The van der Waals surface area contributed by atoms with Crippen LogP contribution in [0.1, 0.15) is 10.4 Å². The van der Waals surface area contributed by atoms with E-state index >= 15 is 0 Å². The number of rotatable bonds is 3. The molecule has 88 valence electrons. The van der Waals surface area contributed by atoms with E-state index in [1.54, 1.807) is 22.8 Å². The summed E-state index contributed by atoms with van der Waals surface area (Å²) in [6.45, 7) is 1.34. The number of methoxy groups -OCH3 is 1. The first-order chi connectivity index (χ1) is 7.65. The molecule has 0 aliphatic carbocycles. The second-order valence-corrected chi connectivity index (χ2v) is 3.98. The summed E-state index contributed by atoms with van der Waals surface area (Å²) >= 11 is 0. The predicted molar refractivity (Wildman–Crippen MR) is 56.2 cm³/mol. The van der Waals surface area contributed by atoms with Crippen LogP contribution in [0.25, 0.3) is 0 Å². The molecule has 0 saturated carbocycles. The SMILES string of the molecule is COc1nn(C)cc1C(=O)N1CC(CO)C1. The number of carbonyl (C=O) groups is 1. The molecular weight excluding hydrogens is 210 g/mol. The van der Waals surface area contributed by atoms with Gasteiger partial charge in [0.25, 0.3) is 5.91 Å². The highest BCUT2D eigenvalue weighted by Gasteiger charge is 2.32. The lowest BCUT2D eigenvalue weighted by molar-refractivity contribution is 0.0359. The highest BCUT2D eigenvalue weighted by molar-refractivity contribution is 5.96. The van der Waals surface area contributed by atoms with Crippen molar-refractivity contribution in [1.82, 2.24) is 14.7 Å². The first-order valence-corrected chi connectivity index (χ1v) is 5.13. The molecule has 1 aromatic heterocycles. The number of hydrogen-bond donors (Lipinski definition) is 1. The Kier molecular flexibility index (Phi) is 2.82. The maximum atomic E-state index is 12.0. The minimum absolute atomic E-state index is 0.0883. The van der Waals surface area contributed by atoms with Crippen LogP contribution in [-0.4, -0.2) is 52.5 Å². The number of likely N-dealkylation sites (tertiary alicyclic amines) is 1. The van der Waals surface area contributed by atoms with Crippen molar-refractivity contribution in [2.24, 2.45) is 13.0 Å². The van der Waals surface area contributed by atoms with E-state index in [2.05, 4.69) is 5.10 Å². The van der Waals surface area contributed by atoms with E-state index in [1.807, 2.05) is 0 Å². The van der Waals surface area contributed by atoms with Crippen LogP contribution < -0.4 is 4.74 Å². The van der Waals surface area contributed by atoms with Crippen molar-refractivity contribution < 1.29 is 14.6 Å². The molecule has 1 amide bonds. The summed E-state index contributed by atoms with van der Waals surface area (Å²) in [6.07, 6.45) is 1.65. The average molecular weight is 225 g/mol. The molecule has 1 saturated heterocycles. The Labute approximate surface area is 93.4 Å². The zero-order valence-corrected chi connectivity index (χ0v) is 9.38. The number of aromatic nitrogens is 2. The van der Waals surface area contributed by atoms with E-state index in [0.29, 0.717) is 24.5 Å². The van der Waals surface area contributed by atoms with Gasteiger partial charge in [0.15, 0.2) is 0 Å². The fourth-order valence-corrected chi connectivity index (χ4v) is 1.79. The second kappa shape index (κ2) is 4.13. The van der Waals surface area contributed by atoms with Gasteiger partial charge in [-0.05, 0) is 0 Å². The fourth-order valence-electron chi connectivity index (χ4n) is 1.79. The Balaban J connectivity index is 2.09. The molecule has 1 aliphatic rings. The van der Waals surface area contributed by atoms with E-state index in [0.717, 1.165) is 0 Å². The molecule has 0 spiro atoms. The summed E-state index contributed by atoms with van der Waals surface area (Å²) in [5.41, 5.74) is 0.474. The van der Waals surface area contributed by atoms with Gasteiger partial charge in [0.2, 0.25) is 5.88 Å². The zero-order valence-electron chi connectivity index (χ0n) is 9.38. The lowest BCUT2D eigenvalue weighted by Gasteiger charge is -2.38. The van der Waals surface area contributed by atoms with Gasteiger partial charge in [-0.1, -0.05) is 0 Å². The van der Waals surface area contributed by atoms with Gasteiger partial charge in [-0.3, -0.25) is 9.48 Å². The summed E-state index contributed by atoms with van der Waals surface area (Å²) in [6, 6.07) is 0. The van der Waals surface area contributed by atoms with E-state index in [4.69, 9.17) is 9.84 Å². The Morgan fingerprint density at radius 1 is 1.69 bits per heavy atom. The van der Waals surface area contributed by atoms with Crippen LogP contribution in [-0.2, 0) is 7.05 Å². The lowest BCUT2D eigenvalue weighted by atomic mass is 10.0. The van der Waals surface area contributed by atoms with Gasteiger partial charge in [-0.15, -0.1) is 5.10 Å². The summed E-state index contributed by atoms with van der Waals surface area (Å²) in [7, 11) is 3.23. The van der Waals surface area contributed by atoms with Crippen molar-refractivity contribution in [3.8, 4) is 5.88 Å². The lowest BCUT2D eigenvalue weighted by Crippen LogP contribution is -2.51. The van der Waals surface area contributed by atoms with Crippen LogP contribution in [0.4, 0.5) is 0 Å². The highest BCUT2D eigenvalue weighted by atomic mass is 16.5. The monoisotopic (exact) mass is 225 g/mol. The normalized spacial score (nSPS) is 16.1. The fraction of sp³-hybridized carbons (Fsp3) is 0.600. The van der Waals surface area contributed by atoms with Crippen LogP contribution >= 0.6 is 0 Å². The number of aryl methyl sites for hydroxylation is 1. The van der Waals surface area contributed by atoms with Crippen molar-refractivity contribution in [2.75, 3.05) is 26.8 Å². The van der Waals surface area contributed by atoms with Crippen LogP contribution in [0.5, 0.6) is 5.88 Å². The molecule has 0 radical (unpaired) electrons. The van der Waals surface area contributed by atoms with Crippen molar-refractivity contribution in [2.45, 2.75) is 0 Å². The van der Waals surface area contributed by atoms with Gasteiger partial charge in [0, 0.05) is 38.9 Å². The van der Waals surface area contributed by atoms with Crippen molar-refractivity contribution in [1.29, 1.82) is 0 Å². The van der Waals surface area contributed by atoms with Crippen LogP contribution in [0.2, 0.25) is 0 Å². The van der Waals surface area contributed by atoms with Crippen molar-refractivity contribution >= 4 is 5.91 Å². The number of ether oxygens (including phenoxy) is 1. The molecule has 2 rings (SSSR count). The molecule has 2 heterocycles. The van der Waals surface area contributed by atoms with Gasteiger partial charge in [0.05, 0.1) is 7.11 Å². The number of amides is 1. The number of aliphatic hydroxyl groups is 1. The Bertz CT molecular complexity index is 396. The standard InChI is InChI=1S/C10H15N3O3/c1-12-5-8(9(11-12)16-2)10(15)13-3-7(4-13)6-14/h5,7,14H,3-4,6H2,1-2H3. The molecule has 0 bridgehead atoms. The second-order valence-electron chi connectivity index (χ2n) is 3.98. The minimum Gasteiger partial charge on any atom is -0.479 e. The molecule has 0 unspecified atom stereocenters. The molecule has 0 aromatic carbocycles. The smallest absolute Gasteiger partial charge is 0.260 e. The molecule has 16 heavy (non-hydrogen) atoms. The summed E-state index contributed by atoms with van der Waals surface area (Å²) in [4.78, 5) is 13.7. The zero-order chi connectivity index (χ0) is 11.7. The Hall–Kier alpha value is -1.56. The first kappa shape index (κ1) is 10.9. The van der Waals surface area contributed by atoms with Gasteiger partial charge >= 0.3 is 0 Å². The third kappa shape index (κ3) is 1.76. The van der Waals surface area contributed by atoms with Gasteiger partial charge in [-0.25, -0.2) is 0 Å². The Morgan fingerprint density at radius 3 is 2.94 bits per heavy atom. The molecule has 1 N–H and O–H groups in total. The highest BCUT2D eigenvalue weighted by Crippen LogP contribution is 2.22. The molecule has 1 aromatic rings. The number of hydrogen-bond acceptors (Lipinski definition) is 4. The largest absolute Gasteiger partial charge is 0.479 e. The average Bonchev–Trinajstić information content (AvgIpc) is 2.57. The van der Waals surface area contributed by atoms with Gasteiger partial charge in [-0.2, -0.15) is 0 Å². The maximum Gasteiger partial charge on any atom is 0.260 e. The molecule has 6 nitrogen and oxygen atoms in total. The number of nitrogens with zero attached hydrogens (tertiary/aromatic N) is 3. The van der Waals surface area contributed by atoms with Gasteiger partial charge < -0.3 is 14.7 Å². The number of carbonyl (C=O) groups excluding carboxylic acids is 1. The number of aliphatic hydroxyl groups excluding tert-OH is 1. The van der Waals surface area contributed by atoms with Crippen LogP contribution in [0.3, 0.4) is 0 Å². The van der Waals surface area contributed by atoms with E-state index < -0.39 is 0 Å². The first-order valence-electron chi connectivity index (χ1n) is 5.13. The van der Waals surface area contributed by atoms with Crippen LogP contribution in [0, 0.1) is 5.92 Å². The summed E-state index contributed by atoms with van der Waals surface area (Å²) in [5.74, 6) is 0.473. The molecule has 1 fully saturated rings. The third-order valence-corrected chi connectivity index (χ3v) is 2.72. The topological polar surface area (TPSA) is 67.6 Å². The van der Waals surface area contributed by atoms with E-state index in [-0.39, 0.29) is 18.4 Å². The predicted octanol–water partition coefficient (Wildman–Crippen LogP) is -0.507. The third-order valence-electron chi connectivity index (χ3n) is 2.72. The molecular formula is C10H15N3O3. The van der Waals surface area contributed by atoms with Crippen LogP contribution in [0.15, 0.2) is 6.20 Å².